The maximum Gasteiger partial charge on any atom is 0.446 e. The lowest BCUT2D eigenvalue weighted by Crippen LogP contribution is -1.99. The molecule has 1 aromatic carbocycles. The minimum Gasteiger partial charge on any atom is -0.160 e. The van der Waals surface area contributed by atoms with Crippen molar-refractivity contribution in [3.8, 4) is 0 Å². The topological polar surface area (TPSA) is 0 Å². The number of hydrogen-bond donors (Lipinski definition) is 0. The fourth-order valence-electron chi connectivity index (χ4n) is 0.652. The lowest BCUT2D eigenvalue weighted by atomic mass is 10.4. The van der Waals surface area contributed by atoms with Gasteiger partial charge in [-0.15, -0.1) is 0 Å². The van der Waals surface area contributed by atoms with Crippen molar-refractivity contribution in [2.45, 2.75) is 10.4 Å². The van der Waals surface area contributed by atoms with Gasteiger partial charge in [-0.25, -0.2) is 0 Å². The summed E-state index contributed by atoms with van der Waals surface area (Å²) in [5, 5.41) is 0. The summed E-state index contributed by atoms with van der Waals surface area (Å²) >= 11 is 1.80. The largest absolute Gasteiger partial charge is 0.446 e. The highest BCUT2D eigenvalue weighted by molar-refractivity contribution is 14.1. The zero-order valence-electron chi connectivity index (χ0n) is 5.73. The van der Waals surface area contributed by atoms with Crippen molar-refractivity contribution in [2.24, 2.45) is 0 Å². The van der Waals surface area contributed by atoms with Gasteiger partial charge in [-0.05, 0) is 46.5 Å². The Bertz CT molecular complexity index is 272. The van der Waals surface area contributed by atoms with Gasteiger partial charge in [0.15, 0.2) is 0 Å². The van der Waals surface area contributed by atoms with Crippen molar-refractivity contribution in [3.63, 3.8) is 0 Å². The van der Waals surface area contributed by atoms with Gasteiger partial charge in [0, 0.05) is 8.47 Å². The highest BCUT2D eigenvalue weighted by Gasteiger charge is 2.29. The van der Waals surface area contributed by atoms with Crippen LogP contribution in [0.3, 0.4) is 0 Å². The number of rotatable bonds is 1. The second kappa shape index (κ2) is 3.87. The Morgan fingerprint density at radius 1 is 1.17 bits per heavy atom. The van der Waals surface area contributed by atoms with E-state index in [4.69, 9.17) is 0 Å². The Morgan fingerprint density at radius 2 is 1.75 bits per heavy atom. The Kier molecular flexibility index (Phi) is 3.28. The van der Waals surface area contributed by atoms with Gasteiger partial charge in [0.25, 0.3) is 0 Å². The second-order valence-corrected chi connectivity index (χ2v) is 4.25. The molecule has 0 aliphatic rings. The molecule has 0 unspecified atom stereocenters. The van der Waals surface area contributed by atoms with Crippen molar-refractivity contribution in [2.75, 3.05) is 0 Å². The first-order chi connectivity index (χ1) is 5.49. The molecule has 0 spiro atoms. The molecule has 0 aliphatic carbocycles. The minimum atomic E-state index is -4.19. The van der Waals surface area contributed by atoms with E-state index >= 15 is 0 Å². The van der Waals surface area contributed by atoms with Crippen molar-refractivity contribution in [1.82, 2.24) is 0 Å². The van der Waals surface area contributed by atoms with Gasteiger partial charge in [-0.2, -0.15) is 13.2 Å². The van der Waals surface area contributed by atoms with Crippen LogP contribution in [0.2, 0.25) is 0 Å². The van der Waals surface area contributed by atoms with Crippen LogP contribution in [0.1, 0.15) is 0 Å². The number of halogens is 4. The van der Waals surface area contributed by atoms with Crippen molar-refractivity contribution < 1.29 is 13.2 Å². The molecule has 0 N–H and O–H groups in total. The first kappa shape index (κ1) is 10.2. The number of benzene rings is 1. The second-order valence-electron chi connectivity index (χ2n) is 1.98. The summed E-state index contributed by atoms with van der Waals surface area (Å²) in [5.74, 6) is 0. The highest BCUT2D eigenvalue weighted by atomic mass is 127. The molecule has 0 aromatic heterocycles. The molecule has 0 saturated carbocycles. The van der Waals surface area contributed by atoms with Gasteiger partial charge in [0.05, 0.1) is 0 Å². The Hall–Kier alpha value is 0.0900. The summed E-state index contributed by atoms with van der Waals surface area (Å²) in [6, 6.07) is 6.41. The minimum absolute atomic E-state index is 0.0801. The van der Waals surface area contributed by atoms with Crippen LogP contribution in [0.4, 0.5) is 13.2 Å². The predicted octanol–water partition coefficient (Wildman–Crippen LogP) is 3.90. The molecule has 0 heterocycles. The molecular formula is C7H4F3IS. The molecule has 66 valence electrons. The van der Waals surface area contributed by atoms with Crippen molar-refractivity contribution >= 4 is 34.4 Å². The first-order valence-electron chi connectivity index (χ1n) is 2.99. The summed E-state index contributed by atoms with van der Waals surface area (Å²) in [4.78, 5) is 0.255. The third-order valence-electron chi connectivity index (χ3n) is 1.06. The quantitative estimate of drug-likeness (QED) is 0.560. The number of thioether (sulfide) groups is 1. The van der Waals surface area contributed by atoms with Gasteiger partial charge in [0.1, 0.15) is 0 Å². The van der Waals surface area contributed by atoms with Crippen molar-refractivity contribution in [3.05, 3.63) is 27.8 Å². The zero-order chi connectivity index (χ0) is 9.19. The summed E-state index contributed by atoms with van der Waals surface area (Å²) in [7, 11) is 0. The average Bonchev–Trinajstić information content (AvgIpc) is 1.91. The van der Waals surface area contributed by atoms with Gasteiger partial charge < -0.3 is 0 Å². The lowest BCUT2D eigenvalue weighted by Gasteiger charge is -2.06. The van der Waals surface area contributed by atoms with Crippen LogP contribution >= 0.6 is 34.4 Å². The molecule has 5 heteroatoms. The normalized spacial score (nSPS) is 11.7. The first-order valence-corrected chi connectivity index (χ1v) is 4.89. The average molecular weight is 304 g/mol. The van der Waals surface area contributed by atoms with E-state index in [0.29, 0.717) is 3.57 Å². The van der Waals surface area contributed by atoms with Crippen LogP contribution in [0.15, 0.2) is 29.2 Å². The van der Waals surface area contributed by atoms with E-state index in [0.717, 1.165) is 0 Å². The molecule has 0 saturated heterocycles. The van der Waals surface area contributed by atoms with E-state index in [-0.39, 0.29) is 16.7 Å². The number of alkyl halides is 3. The SMILES string of the molecule is FC(F)(F)Sc1ccccc1I. The Labute approximate surface area is 85.7 Å². The van der Waals surface area contributed by atoms with Crippen LogP contribution < -0.4 is 0 Å². The van der Waals surface area contributed by atoms with Crippen LogP contribution in [0, 0.1) is 3.57 Å². The molecule has 0 nitrogen and oxygen atoms in total. The van der Waals surface area contributed by atoms with E-state index < -0.39 is 5.51 Å². The molecule has 0 radical (unpaired) electrons. The fourth-order valence-corrected chi connectivity index (χ4v) is 1.93. The molecule has 0 atom stereocenters. The number of hydrogen-bond acceptors (Lipinski definition) is 1. The smallest absolute Gasteiger partial charge is 0.160 e. The molecule has 0 fully saturated rings. The van der Waals surface area contributed by atoms with Gasteiger partial charge >= 0.3 is 5.51 Å². The van der Waals surface area contributed by atoms with Crippen LogP contribution in [0.25, 0.3) is 0 Å². The van der Waals surface area contributed by atoms with Crippen molar-refractivity contribution in [1.29, 1.82) is 0 Å². The lowest BCUT2D eigenvalue weighted by molar-refractivity contribution is -0.0328. The molecule has 0 aliphatic heterocycles. The molecular weight excluding hydrogens is 300 g/mol. The summed E-state index contributed by atoms with van der Waals surface area (Å²) in [6.45, 7) is 0. The van der Waals surface area contributed by atoms with E-state index in [9.17, 15) is 13.2 Å². The van der Waals surface area contributed by atoms with Crippen LogP contribution in [-0.2, 0) is 0 Å². The zero-order valence-corrected chi connectivity index (χ0v) is 8.70. The van der Waals surface area contributed by atoms with Gasteiger partial charge in [0.2, 0.25) is 0 Å². The van der Waals surface area contributed by atoms with E-state index in [1.54, 1.807) is 18.2 Å². The van der Waals surface area contributed by atoms with E-state index in [1.807, 2.05) is 22.6 Å². The van der Waals surface area contributed by atoms with Crippen LogP contribution in [0.5, 0.6) is 0 Å². The molecule has 0 bridgehead atoms. The van der Waals surface area contributed by atoms with E-state index in [2.05, 4.69) is 0 Å². The third kappa shape index (κ3) is 3.22. The summed E-state index contributed by atoms with van der Waals surface area (Å²) in [5.41, 5.74) is -4.19. The Balaban J connectivity index is 2.83. The summed E-state index contributed by atoms with van der Waals surface area (Å²) < 4.78 is 36.3. The van der Waals surface area contributed by atoms with E-state index in [1.165, 1.54) is 6.07 Å². The molecule has 1 aromatic rings. The maximum absolute atomic E-state index is 11.9. The third-order valence-corrected chi connectivity index (χ3v) is 3.18. The van der Waals surface area contributed by atoms with Gasteiger partial charge in [-0.3, -0.25) is 0 Å². The standard InChI is InChI=1S/C7H4F3IS/c8-7(9,10)12-6-4-2-1-3-5(6)11/h1-4H. The molecule has 1 rings (SSSR count). The monoisotopic (exact) mass is 304 g/mol. The summed E-state index contributed by atoms with van der Waals surface area (Å²) in [6.07, 6.45) is 0. The molecule has 12 heavy (non-hydrogen) atoms. The predicted molar refractivity (Wildman–Crippen MR) is 51.1 cm³/mol. The fraction of sp³-hybridized carbons (Fsp3) is 0.143. The van der Waals surface area contributed by atoms with Gasteiger partial charge in [-0.1, -0.05) is 12.1 Å². The maximum atomic E-state index is 11.9. The van der Waals surface area contributed by atoms with Crippen LogP contribution in [-0.4, -0.2) is 5.51 Å². The highest BCUT2D eigenvalue weighted by Crippen LogP contribution is 2.38. The molecule has 0 amide bonds. The Morgan fingerprint density at radius 3 is 2.25 bits per heavy atom.